The molecule has 6 nitrogen and oxygen atoms in total. The first-order valence-corrected chi connectivity index (χ1v) is 9.36. The van der Waals surface area contributed by atoms with Crippen LogP contribution in [0.5, 0.6) is 0 Å². The first kappa shape index (κ1) is 20.4. The number of carbonyl (C=O) groups excluding carboxylic acids is 1. The third-order valence-corrected chi connectivity index (χ3v) is 5.43. The van der Waals surface area contributed by atoms with Crippen LogP contribution in [0, 0.1) is 5.82 Å². The second kappa shape index (κ2) is 7.44. The molecule has 30 heavy (non-hydrogen) atoms. The van der Waals surface area contributed by atoms with E-state index in [0.717, 1.165) is 17.8 Å². The van der Waals surface area contributed by atoms with E-state index < -0.39 is 28.5 Å². The second-order valence-electron chi connectivity index (χ2n) is 6.98. The van der Waals surface area contributed by atoms with E-state index in [4.69, 9.17) is 11.6 Å². The van der Waals surface area contributed by atoms with Crippen LogP contribution in [0.3, 0.4) is 0 Å². The molecule has 2 aliphatic heterocycles. The molecule has 0 saturated heterocycles. The number of hydrazine groups is 2. The van der Waals surface area contributed by atoms with Crippen molar-refractivity contribution in [1.82, 2.24) is 20.8 Å². The number of pyridine rings is 1. The number of carbonyl (C=O) groups is 1. The Balaban J connectivity index is 1.62. The highest BCUT2D eigenvalue weighted by Crippen LogP contribution is 2.37. The summed E-state index contributed by atoms with van der Waals surface area (Å²) in [5, 5.41) is 0.957. The van der Waals surface area contributed by atoms with Gasteiger partial charge in [-0.25, -0.2) is 14.4 Å². The van der Waals surface area contributed by atoms with Gasteiger partial charge in [-0.1, -0.05) is 17.7 Å². The lowest BCUT2D eigenvalue weighted by Crippen LogP contribution is -2.44. The first-order chi connectivity index (χ1) is 14.2. The average Bonchev–Trinajstić information content (AvgIpc) is 3.08. The summed E-state index contributed by atoms with van der Waals surface area (Å²) in [7, 11) is 0. The predicted octanol–water partition coefficient (Wildman–Crippen LogP) is 3.87. The van der Waals surface area contributed by atoms with Crippen molar-refractivity contribution >= 4 is 23.3 Å². The van der Waals surface area contributed by atoms with Crippen LogP contribution in [-0.4, -0.2) is 28.4 Å². The highest BCUT2D eigenvalue weighted by molar-refractivity contribution is 6.34. The van der Waals surface area contributed by atoms with Crippen LogP contribution in [0.4, 0.5) is 23.4 Å². The number of hydrogen-bond donors (Lipinski definition) is 2. The molecular formula is C19H16ClF4N5O. The van der Waals surface area contributed by atoms with Gasteiger partial charge in [0, 0.05) is 24.7 Å². The van der Waals surface area contributed by atoms with Crippen LogP contribution in [0.1, 0.15) is 29.3 Å². The monoisotopic (exact) mass is 441 g/mol. The van der Waals surface area contributed by atoms with Crippen LogP contribution in [0.25, 0.3) is 0 Å². The molecule has 0 fully saturated rings. The molecule has 4 rings (SSSR count). The average molecular weight is 442 g/mol. The number of alkyl halides is 3. The fourth-order valence-electron chi connectivity index (χ4n) is 3.51. The molecule has 0 unspecified atom stereocenters. The summed E-state index contributed by atoms with van der Waals surface area (Å²) in [6.07, 6.45) is -2.95. The molecule has 2 aliphatic rings. The van der Waals surface area contributed by atoms with Gasteiger partial charge in [-0.3, -0.25) is 4.79 Å². The zero-order chi connectivity index (χ0) is 21.6. The first-order valence-electron chi connectivity index (χ1n) is 8.99. The normalized spacial score (nSPS) is 19.1. The van der Waals surface area contributed by atoms with E-state index in [1.807, 2.05) is 0 Å². The highest BCUT2D eigenvalue weighted by atomic mass is 35.5. The maximum atomic E-state index is 13.6. The van der Waals surface area contributed by atoms with Crippen molar-refractivity contribution in [3.63, 3.8) is 0 Å². The quantitative estimate of drug-likeness (QED) is 0.693. The summed E-state index contributed by atoms with van der Waals surface area (Å²) < 4.78 is 53.0. The van der Waals surface area contributed by atoms with Crippen LogP contribution < -0.4 is 16.0 Å². The molecule has 1 atom stereocenters. The number of aromatic nitrogens is 1. The molecule has 0 radical (unpaired) electrons. The van der Waals surface area contributed by atoms with Gasteiger partial charge in [0.15, 0.2) is 5.82 Å². The zero-order valence-electron chi connectivity index (χ0n) is 15.6. The molecule has 2 aromatic rings. The minimum Gasteiger partial charge on any atom is -0.330 e. The lowest BCUT2D eigenvalue weighted by molar-refractivity contribution is -0.137. The molecule has 0 spiro atoms. The smallest absolute Gasteiger partial charge is 0.330 e. The number of hydrogen-bond acceptors (Lipinski definition) is 5. The summed E-state index contributed by atoms with van der Waals surface area (Å²) in [6.45, 7) is 1.89. The van der Waals surface area contributed by atoms with Crippen LogP contribution >= 0.6 is 11.6 Å². The fourth-order valence-corrected chi connectivity index (χ4v) is 3.83. The zero-order valence-corrected chi connectivity index (χ0v) is 16.4. The van der Waals surface area contributed by atoms with E-state index in [2.05, 4.69) is 15.9 Å². The Bertz CT molecular complexity index is 1040. The number of benzene rings is 1. The molecule has 0 saturated carbocycles. The van der Waals surface area contributed by atoms with Crippen molar-refractivity contribution in [2.45, 2.75) is 25.6 Å². The van der Waals surface area contributed by atoms with Crippen molar-refractivity contribution in [3.8, 4) is 0 Å². The summed E-state index contributed by atoms with van der Waals surface area (Å²) in [5.74, 6) is -0.717. The fraction of sp³-hybridized carbons (Fsp3) is 0.263. The van der Waals surface area contributed by atoms with Crippen LogP contribution in [0.2, 0.25) is 5.02 Å². The maximum Gasteiger partial charge on any atom is 0.417 e. The summed E-state index contributed by atoms with van der Waals surface area (Å²) in [4.78, 5) is 18.6. The number of anilines is 1. The Hall–Kier alpha value is -2.85. The van der Waals surface area contributed by atoms with Gasteiger partial charge in [0.25, 0.3) is 5.91 Å². The molecule has 0 bridgehead atoms. The lowest BCUT2D eigenvalue weighted by atomic mass is 10.0. The maximum absolute atomic E-state index is 13.6. The van der Waals surface area contributed by atoms with Crippen LogP contribution in [-0.2, 0) is 6.18 Å². The van der Waals surface area contributed by atoms with Crippen molar-refractivity contribution in [2.24, 2.45) is 0 Å². The van der Waals surface area contributed by atoms with Gasteiger partial charge < -0.3 is 10.3 Å². The molecule has 1 aromatic heterocycles. The Morgan fingerprint density at radius 2 is 2.07 bits per heavy atom. The number of nitrogens with zero attached hydrogens (tertiary/aromatic N) is 3. The van der Waals surface area contributed by atoms with Crippen molar-refractivity contribution in [1.29, 1.82) is 0 Å². The highest BCUT2D eigenvalue weighted by Gasteiger charge is 2.38. The van der Waals surface area contributed by atoms with Gasteiger partial charge in [-0.05, 0) is 25.1 Å². The SMILES string of the molecule is C[C@H]1CC2=C(CN1C(=O)c1cccc(C(F)(F)F)c1Cl)NNN2c1cc(F)ccn1. The van der Waals surface area contributed by atoms with Crippen molar-refractivity contribution < 1.29 is 22.4 Å². The van der Waals surface area contributed by atoms with Crippen LogP contribution in [0.15, 0.2) is 47.9 Å². The van der Waals surface area contributed by atoms with E-state index in [-0.39, 0.29) is 18.2 Å². The number of halogens is 5. The summed E-state index contributed by atoms with van der Waals surface area (Å²) in [5.41, 5.74) is 5.92. The van der Waals surface area contributed by atoms with E-state index in [0.29, 0.717) is 17.9 Å². The largest absolute Gasteiger partial charge is 0.417 e. The van der Waals surface area contributed by atoms with Crippen molar-refractivity contribution in [3.05, 3.63) is 69.9 Å². The molecule has 0 aliphatic carbocycles. The number of rotatable bonds is 2. The van der Waals surface area contributed by atoms with Gasteiger partial charge in [-0.2, -0.15) is 13.2 Å². The summed E-state index contributed by atoms with van der Waals surface area (Å²) >= 11 is 5.93. The van der Waals surface area contributed by atoms with Gasteiger partial charge in [-0.15, -0.1) is 5.53 Å². The Morgan fingerprint density at radius 3 is 2.77 bits per heavy atom. The number of amides is 1. The molecule has 3 heterocycles. The molecule has 1 amide bonds. The molecular weight excluding hydrogens is 426 g/mol. The second-order valence-corrected chi connectivity index (χ2v) is 7.36. The van der Waals surface area contributed by atoms with Crippen molar-refractivity contribution in [2.75, 3.05) is 11.6 Å². The molecule has 11 heteroatoms. The van der Waals surface area contributed by atoms with E-state index >= 15 is 0 Å². The third kappa shape index (κ3) is 3.56. The van der Waals surface area contributed by atoms with Gasteiger partial charge >= 0.3 is 6.18 Å². The molecule has 2 N–H and O–H groups in total. The molecule has 1 aromatic carbocycles. The van der Waals surface area contributed by atoms with E-state index in [1.54, 1.807) is 11.9 Å². The van der Waals surface area contributed by atoms with Gasteiger partial charge in [0.05, 0.1) is 34.1 Å². The minimum absolute atomic E-state index is 0.112. The predicted molar refractivity (Wildman–Crippen MR) is 102 cm³/mol. The number of nitrogens with one attached hydrogen (secondary N) is 2. The Kier molecular flexibility index (Phi) is 5.07. The van der Waals surface area contributed by atoms with E-state index in [9.17, 15) is 22.4 Å². The molecule has 158 valence electrons. The van der Waals surface area contributed by atoms with Gasteiger partial charge in [0.1, 0.15) is 5.82 Å². The Morgan fingerprint density at radius 1 is 1.30 bits per heavy atom. The lowest BCUT2D eigenvalue weighted by Gasteiger charge is -2.35. The third-order valence-electron chi connectivity index (χ3n) is 5.02. The van der Waals surface area contributed by atoms with E-state index in [1.165, 1.54) is 29.3 Å². The summed E-state index contributed by atoms with van der Waals surface area (Å²) in [6, 6.07) is 5.42. The standard InChI is InChI=1S/C19H16ClF4N5O/c1-10-7-15-14(26-27-29(15)16-8-11(21)5-6-25-16)9-28(10)18(30)12-3-2-4-13(17(12)20)19(22,23)24/h2-6,8,10,26-27H,7,9H2,1H3/t10-/m0/s1. The topological polar surface area (TPSA) is 60.5 Å². The minimum atomic E-state index is -4.66. The van der Waals surface area contributed by atoms with Gasteiger partial charge in [0.2, 0.25) is 0 Å². The Labute approximate surface area is 174 Å².